The van der Waals surface area contributed by atoms with Crippen molar-refractivity contribution in [2.45, 2.75) is 19.8 Å². The van der Waals surface area contributed by atoms with E-state index in [0.717, 1.165) is 24.3 Å². The lowest BCUT2D eigenvalue weighted by Crippen LogP contribution is -1.99. The van der Waals surface area contributed by atoms with Gasteiger partial charge < -0.3 is 4.42 Å². The molecule has 0 atom stereocenters. The van der Waals surface area contributed by atoms with E-state index in [1.807, 2.05) is 19.1 Å². The highest BCUT2D eigenvalue weighted by molar-refractivity contribution is 5.82. The average molecular weight is 273 g/mol. The van der Waals surface area contributed by atoms with E-state index in [2.05, 4.69) is 10.5 Å². The highest BCUT2D eigenvalue weighted by atomic mass is 16.6. The van der Waals surface area contributed by atoms with E-state index in [-0.39, 0.29) is 5.69 Å². The van der Waals surface area contributed by atoms with Crippen LogP contribution in [0.5, 0.6) is 0 Å². The second-order valence-electron chi connectivity index (χ2n) is 4.34. The number of hydrogen-bond donors (Lipinski definition) is 1. The molecule has 104 valence electrons. The first-order chi connectivity index (χ1) is 9.65. The summed E-state index contributed by atoms with van der Waals surface area (Å²) in [7, 11) is 0. The lowest BCUT2D eigenvalue weighted by atomic mass is 10.2. The first-order valence-electron chi connectivity index (χ1n) is 6.21. The lowest BCUT2D eigenvalue weighted by molar-refractivity contribution is -0.384. The minimum Gasteiger partial charge on any atom is -0.469 e. The molecule has 6 heteroatoms. The first kappa shape index (κ1) is 13.8. The number of nitrogens with one attached hydrogen (secondary N) is 1. The van der Waals surface area contributed by atoms with Gasteiger partial charge in [0.1, 0.15) is 5.76 Å². The lowest BCUT2D eigenvalue weighted by Gasteiger charge is -2.02. The van der Waals surface area contributed by atoms with Crippen LogP contribution in [0.15, 0.2) is 52.2 Å². The van der Waals surface area contributed by atoms with Gasteiger partial charge in [0.05, 0.1) is 16.9 Å². The molecule has 1 heterocycles. The molecular weight excluding hydrogens is 258 g/mol. The van der Waals surface area contributed by atoms with Crippen molar-refractivity contribution in [3.63, 3.8) is 0 Å². The summed E-state index contributed by atoms with van der Waals surface area (Å²) in [6.07, 6.45) is 3.23. The fourth-order valence-corrected chi connectivity index (χ4v) is 1.63. The van der Waals surface area contributed by atoms with Crippen molar-refractivity contribution in [2.24, 2.45) is 5.10 Å². The summed E-state index contributed by atoms with van der Waals surface area (Å²) in [5.41, 5.74) is 4.59. The Kier molecular flexibility index (Phi) is 4.49. The Balaban J connectivity index is 1.86. The fraction of sp³-hybridized carbons (Fsp3) is 0.214. The summed E-state index contributed by atoms with van der Waals surface area (Å²) in [6.45, 7) is 1.92. The number of anilines is 1. The summed E-state index contributed by atoms with van der Waals surface area (Å²) in [5, 5.41) is 14.7. The van der Waals surface area contributed by atoms with Crippen LogP contribution in [0.4, 0.5) is 11.4 Å². The van der Waals surface area contributed by atoms with Gasteiger partial charge in [0.15, 0.2) is 0 Å². The molecule has 2 rings (SSSR count). The maximum absolute atomic E-state index is 10.5. The molecular formula is C14H15N3O3. The van der Waals surface area contributed by atoms with Crippen molar-refractivity contribution in [1.82, 2.24) is 0 Å². The van der Waals surface area contributed by atoms with Crippen molar-refractivity contribution >= 4 is 17.1 Å². The molecule has 20 heavy (non-hydrogen) atoms. The Labute approximate surface area is 116 Å². The van der Waals surface area contributed by atoms with Crippen LogP contribution in [0.25, 0.3) is 0 Å². The van der Waals surface area contributed by atoms with E-state index in [1.54, 1.807) is 18.4 Å². The zero-order valence-electron chi connectivity index (χ0n) is 11.1. The summed E-state index contributed by atoms with van der Waals surface area (Å²) in [4.78, 5) is 10.1. The van der Waals surface area contributed by atoms with E-state index >= 15 is 0 Å². The van der Waals surface area contributed by atoms with Gasteiger partial charge in [-0.3, -0.25) is 15.5 Å². The second-order valence-corrected chi connectivity index (χ2v) is 4.34. The minimum atomic E-state index is -0.429. The van der Waals surface area contributed by atoms with Gasteiger partial charge in [-0.25, -0.2) is 0 Å². The predicted octanol–water partition coefficient (Wildman–Crippen LogP) is 3.61. The molecule has 0 aliphatic rings. The highest BCUT2D eigenvalue weighted by Crippen LogP contribution is 2.15. The normalized spacial score (nSPS) is 11.3. The van der Waals surface area contributed by atoms with Gasteiger partial charge in [0.25, 0.3) is 5.69 Å². The molecule has 0 saturated carbocycles. The number of furan rings is 1. The Morgan fingerprint density at radius 2 is 2.10 bits per heavy atom. The first-order valence-corrected chi connectivity index (χ1v) is 6.21. The summed E-state index contributed by atoms with van der Waals surface area (Å²) in [5.74, 6) is 0.926. The zero-order valence-corrected chi connectivity index (χ0v) is 11.1. The summed E-state index contributed by atoms with van der Waals surface area (Å²) < 4.78 is 5.24. The third kappa shape index (κ3) is 3.94. The molecule has 2 aromatic rings. The van der Waals surface area contributed by atoms with Crippen molar-refractivity contribution in [1.29, 1.82) is 0 Å². The number of hydrazone groups is 1. The molecule has 0 aliphatic heterocycles. The number of benzene rings is 1. The number of hydrogen-bond acceptors (Lipinski definition) is 5. The van der Waals surface area contributed by atoms with E-state index < -0.39 is 4.92 Å². The van der Waals surface area contributed by atoms with Gasteiger partial charge in [0.2, 0.25) is 0 Å². The summed E-state index contributed by atoms with van der Waals surface area (Å²) >= 11 is 0. The molecule has 0 spiro atoms. The van der Waals surface area contributed by atoms with Crippen LogP contribution in [0.2, 0.25) is 0 Å². The molecule has 1 N–H and O–H groups in total. The molecule has 1 aromatic carbocycles. The Hall–Kier alpha value is -2.63. The molecule has 0 amide bonds. The third-order valence-electron chi connectivity index (χ3n) is 2.77. The standard InChI is InChI=1S/C14H15N3O3/c1-11(4-9-14-3-2-10-20-14)15-16-12-5-7-13(8-6-12)17(18)19/h2-3,5-8,10,16H,4,9H2,1H3. The third-order valence-corrected chi connectivity index (χ3v) is 2.77. The molecule has 1 aromatic heterocycles. The molecule has 0 saturated heterocycles. The molecule has 0 fully saturated rings. The molecule has 6 nitrogen and oxygen atoms in total. The molecule has 0 bridgehead atoms. The van der Waals surface area contributed by atoms with Crippen molar-refractivity contribution in [3.05, 3.63) is 58.5 Å². The van der Waals surface area contributed by atoms with E-state index in [4.69, 9.17) is 4.42 Å². The molecule has 0 unspecified atom stereocenters. The largest absolute Gasteiger partial charge is 0.469 e. The zero-order chi connectivity index (χ0) is 14.4. The van der Waals surface area contributed by atoms with Crippen LogP contribution in [-0.4, -0.2) is 10.6 Å². The van der Waals surface area contributed by atoms with Crippen molar-refractivity contribution in [3.8, 4) is 0 Å². The molecule has 0 aliphatic carbocycles. The van der Waals surface area contributed by atoms with Crippen LogP contribution in [-0.2, 0) is 6.42 Å². The van der Waals surface area contributed by atoms with Crippen LogP contribution >= 0.6 is 0 Å². The Bertz CT molecular complexity index is 589. The number of non-ortho nitro benzene ring substituents is 1. The number of nitro benzene ring substituents is 1. The van der Waals surface area contributed by atoms with Gasteiger partial charge in [-0.2, -0.15) is 5.10 Å². The van der Waals surface area contributed by atoms with Crippen LogP contribution in [0, 0.1) is 10.1 Å². The molecule has 0 radical (unpaired) electrons. The van der Waals surface area contributed by atoms with Gasteiger partial charge in [-0.05, 0) is 37.6 Å². The fourth-order valence-electron chi connectivity index (χ4n) is 1.63. The van der Waals surface area contributed by atoms with Crippen LogP contribution in [0.1, 0.15) is 19.1 Å². The number of nitrogens with zero attached hydrogens (tertiary/aromatic N) is 2. The van der Waals surface area contributed by atoms with Gasteiger partial charge in [-0.15, -0.1) is 0 Å². The smallest absolute Gasteiger partial charge is 0.269 e. The Morgan fingerprint density at radius 3 is 2.70 bits per heavy atom. The van der Waals surface area contributed by atoms with Gasteiger partial charge >= 0.3 is 0 Å². The Morgan fingerprint density at radius 1 is 1.35 bits per heavy atom. The van der Waals surface area contributed by atoms with Crippen LogP contribution in [0.3, 0.4) is 0 Å². The van der Waals surface area contributed by atoms with Crippen molar-refractivity contribution < 1.29 is 9.34 Å². The quantitative estimate of drug-likeness (QED) is 0.495. The predicted molar refractivity (Wildman–Crippen MR) is 76.9 cm³/mol. The topological polar surface area (TPSA) is 80.7 Å². The SMILES string of the molecule is CC(CCc1ccco1)=NNc1ccc([N+](=O)[O-])cc1. The maximum Gasteiger partial charge on any atom is 0.269 e. The number of aryl methyl sites for hydroxylation is 1. The summed E-state index contributed by atoms with van der Waals surface area (Å²) in [6, 6.07) is 9.92. The van der Waals surface area contributed by atoms with Gasteiger partial charge in [-0.1, -0.05) is 0 Å². The van der Waals surface area contributed by atoms with Crippen LogP contribution < -0.4 is 5.43 Å². The number of nitro groups is 1. The van der Waals surface area contributed by atoms with E-state index in [9.17, 15) is 10.1 Å². The highest BCUT2D eigenvalue weighted by Gasteiger charge is 2.03. The maximum atomic E-state index is 10.5. The van der Waals surface area contributed by atoms with Gasteiger partial charge in [0, 0.05) is 24.3 Å². The average Bonchev–Trinajstić information content (AvgIpc) is 2.96. The van der Waals surface area contributed by atoms with E-state index in [0.29, 0.717) is 5.69 Å². The second kappa shape index (κ2) is 6.51. The van der Waals surface area contributed by atoms with Crippen molar-refractivity contribution in [2.75, 3.05) is 5.43 Å². The monoisotopic (exact) mass is 273 g/mol. The van der Waals surface area contributed by atoms with E-state index in [1.165, 1.54) is 12.1 Å². The minimum absolute atomic E-state index is 0.0640. The number of rotatable bonds is 6.